The van der Waals surface area contributed by atoms with Gasteiger partial charge in [0.15, 0.2) is 5.82 Å². The van der Waals surface area contributed by atoms with Gasteiger partial charge in [0.2, 0.25) is 0 Å². The van der Waals surface area contributed by atoms with Crippen LogP contribution in [0.5, 0.6) is 0 Å². The van der Waals surface area contributed by atoms with Gasteiger partial charge in [0, 0.05) is 25.6 Å². The number of hydrogen-bond donors (Lipinski definition) is 3. The van der Waals surface area contributed by atoms with Gasteiger partial charge in [-0.05, 0) is 13.8 Å². The lowest BCUT2D eigenvalue weighted by molar-refractivity contribution is -0.138. The summed E-state index contributed by atoms with van der Waals surface area (Å²) in [6.45, 7) is 3.70. The van der Waals surface area contributed by atoms with E-state index in [1.165, 1.54) is 0 Å². The van der Waals surface area contributed by atoms with Gasteiger partial charge in [-0.2, -0.15) is 5.10 Å². The molecule has 1 rings (SSSR count). The van der Waals surface area contributed by atoms with Crippen LogP contribution in [-0.2, 0) is 18.3 Å². The van der Waals surface area contributed by atoms with E-state index in [-0.39, 0.29) is 6.42 Å². The molecule has 0 unspecified atom stereocenters. The molecule has 1 aromatic rings. The second kappa shape index (κ2) is 6.17. The zero-order valence-corrected chi connectivity index (χ0v) is 11.3. The van der Waals surface area contributed by atoms with Gasteiger partial charge in [-0.1, -0.05) is 0 Å². The van der Waals surface area contributed by atoms with Crippen molar-refractivity contribution in [3.63, 3.8) is 0 Å². The molecule has 3 N–H and O–H groups in total. The smallest absolute Gasteiger partial charge is 0.315 e. The first-order valence-electron chi connectivity index (χ1n) is 5.91. The van der Waals surface area contributed by atoms with E-state index in [4.69, 9.17) is 5.11 Å². The number of rotatable bonds is 6. The number of aryl methyl sites for hydroxylation is 1. The predicted molar refractivity (Wildman–Crippen MR) is 67.6 cm³/mol. The fourth-order valence-electron chi connectivity index (χ4n) is 1.56. The Bertz CT molecular complexity index is 455. The molecular formula is C11H19N5O3. The molecular weight excluding hydrogens is 250 g/mol. The highest BCUT2D eigenvalue weighted by molar-refractivity contribution is 5.76. The van der Waals surface area contributed by atoms with Crippen LogP contribution in [0.2, 0.25) is 0 Å². The molecule has 0 aliphatic carbocycles. The lowest BCUT2D eigenvalue weighted by Gasteiger charge is -2.24. The molecule has 106 valence electrons. The Morgan fingerprint density at radius 2 is 2.16 bits per heavy atom. The van der Waals surface area contributed by atoms with Crippen LogP contribution in [-0.4, -0.2) is 44.0 Å². The van der Waals surface area contributed by atoms with Gasteiger partial charge in [-0.15, -0.1) is 0 Å². The molecule has 19 heavy (non-hydrogen) atoms. The molecule has 0 spiro atoms. The molecule has 0 aliphatic rings. The number of carbonyl (C=O) groups is 2. The number of carbonyl (C=O) groups excluding carboxylic acids is 1. The lowest BCUT2D eigenvalue weighted by atomic mass is 10.0. The molecule has 8 heteroatoms. The van der Waals surface area contributed by atoms with E-state index in [9.17, 15) is 9.59 Å². The summed E-state index contributed by atoms with van der Waals surface area (Å²) >= 11 is 0. The molecule has 0 aliphatic heterocycles. The number of urea groups is 1. The zero-order chi connectivity index (χ0) is 14.5. The monoisotopic (exact) mass is 269 g/mol. The number of aliphatic carboxylic acids is 1. The lowest BCUT2D eigenvalue weighted by Crippen LogP contribution is -2.49. The summed E-state index contributed by atoms with van der Waals surface area (Å²) in [7, 11) is 1.77. The van der Waals surface area contributed by atoms with Gasteiger partial charge in [0.1, 0.15) is 6.33 Å². The minimum Gasteiger partial charge on any atom is -0.481 e. The van der Waals surface area contributed by atoms with Crippen molar-refractivity contribution in [2.24, 2.45) is 7.05 Å². The number of nitrogens with zero attached hydrogens (tertiary/aromatic N) is 3. The maximum atomic E-state index is 11.6. The van der Waals surface area contributed by atoms with Gasteiger partial charge < -0.3 is 15.7 Å². The van der Waals surface area contributed by atoms with Crippen LogP contribution in [0.15, 0.2) is 6.33 Å². The van der Waals surface area contributed by atoms with Gasteiger partial charge in [-0.3, -0.25) is 9.48 Å². The third-order valence-corrected chi connectivity index (χ3v) is 2.33. The van der Waals surface area contributed by atoms with E-state index in [1.54, 1.807) is 31.9 Å². The van der Waals surface area contributed by atoms with E-state index in [2.05, 4.69) is 20.7 Å². The molecule has 0 atom stereocenters. The number of aromatic nitrogens is 3. The topological polar surface area (TPSA) is 109 Å². The first kappa shape index (κ1) is 14.9. The number of carboxylic acid groups (broad SMARTS) is 1. The number of nitrogens with one attached hydrogen (secondary N) is 2. The largest absolute Gasteiger partial charge is 0.481 e. The van der Waals surface area contributed by atoms with Gasteiger partial charge >= 0.3 is 12.0 Å². The summed E-state index contributed by atoms with van der Waals surface area (Å²) in [6, 6.07) is -0.401. The summed E-state index contributed by atoms with van der Waals surface area (Å²) in [5.74, 6) is -0.310. The van der Waals surface area contributed by atoms with Crippen molar-refractivity contribution in [3.05, 3.63) is 12.2 Å². The van der Waals surface area contributed by atoms with E-state index < -0.39 is 17.5 Å². The van der Waals surface area contributed by atoms with Crippen LogP contribution in [0.25, 0.3) is 0 Å². The Labute approximate surface area is 111 Å². The van der Waals surface area contributed by atoms with Crippen LogP contribution in [0, 0.1) is 0 Å². The standard InChI is InChI=1S/C11H19N5O3/c1-11(2,6-9(17)18)14-10(19)12-5-4-8-13-7-16(3)15-8/h7H,4-6H2,1-3H3,(H,17,18)(H2,12,14,19). The average molecular weight is 269 g/mol. The van der Waals surface area contributed by atoms with E-state index in [0.29, 0.717) is 18.8 Å². The van der Waals surface area contributed by atoms with Crippen LogP contribution in [0.4, 0.5) is 4.79 Å². The van der Waals surface area contributed by atoms with Gasteiger partial charge in [0.05, 0.1) is 6.42 Å². The minimum atomic E-state index is -0.956. The Balaban J connectivity index is 2.29. The molecule has 0 bridgehead atoms. The molecule has 2 amide bonds. The predicted octanol–water partition coefficient (Wildman–Crippen LogP) is -0.0899. The minimum absolute atomic E-state index is 0.137. The molecule has 8 nitrogen and oxygen atoms in total. The van der Waals surface area contributed by atoms with Crippen molar-refractivity contribution in [1.82, 2.24) is 25.4 Å². The molecule has 0 saturated heterocycles. The number of amides is 2. The van der Waals surface area contributed by atoms with E-state index in [1.807, 2.05) is 0 Å². The third-order valence-electron chi connectivity index (χ3n) is 2.33. The van der Waals surface area contributed by atoms with Crippen LogP contribution in [0.3, 0.4) is 0 Å². The van der Waals surface area contributed by atoms with E-state index in [0.717, 1.165) is 0 Å². The SMILES string of the molecule is Cn1cnc(CCNC(=O)NC(C)(C)CC(=O)O)n1. The molecule has 0 aromatic carbocycles. The van der Waals surface area contributed by atoms with E-state index >= 15 is 0 Å². The van der Waals surface area contributed by atoms with Crippen molar-refractivity contribution in [3.8, 4) is 0 Å². The highest BCUT2D eigenvalue weighted by Crippen LogP contribution is 2.07. The van der Waals surface area contributed by atoms with Crippen molar-refractivity contribution in [2.75, 3.05) is 6.54 Å². The quantitative estimate of drug-likeness (QED) is 0.668. The number of hydrogen-bond acceptors (Lipinski definition) is 4. The Morgan fingerprint density at radius 1 is 1.47 bits per heavy atom. The first-order chi connectivity index (χ1) is 8.78. The molecule has 0 radical (unpaired) electrons. The Hall–Kier alpha value is -2.12. The first-order valence-corrected chi connectivity index (χ1v) is 5.91. The summed E-state index contributed by atoms with van der Waals surface area (Å²) in [5, 5.41) is 18.0. The molecule has 0 saturated carbocycles. The highest BCUT2D eigenvalue weighted by atomic mass is 16.4. The summed E-state index contributed by atoms with van der Waals surface area (Å²) in [6.07, 6.45) is 1.97. The van der Waals surface area contributed by atoms with Gasteiger partial charge in [0.25, 0.3) is 0 Å². The molecule has 1 aromatic heterocycles. The normalized spacial score (nSPS) is 11.1. The van der Waals surface area contributed by atoms with Gasteiger partial charge in [-0.25, -0.2) is 9.78 Å². The Kier molecular flexibility index (Phi) is 4.85. The fraction of sp³-hybridized carbons (Fsp3) is 0.636. The van der Waals surface area contributed by atoms with Crippen molar-refractivity contribution in [2.45, 2.75) is 32.2 Å². The van der Waals surface area contributed by atoms with Crippen molar-refractivity contribution < 1.29 is 14.7 Å². The fourth-order valence-corrected chi connectivity index (χ4v) is 1.56. The molecule has 1 heterocycles. The van der Waals surface area contributed by atoms with Crippen LogP contribution >= 0.6 is 0 Å². The maximum Gasteiger partial charge on any atom is 0.315 e. The van der Waals surface area contributed by atoms with Crippen LogP contribution < -0.4 is 10.6 Å². The second-order valence-electron chi connectivity index (χ2n) is 4.92. The average Bonchev–Trinajstić information content (AvgIpc) is 2.61. The number of carboxylic acids is 1. The summed E-state index contributed by atoms with van der Waals surface area (Å²) < 4.78 is 1.59. The Morgan fingerprint density at radius 3 is 2.68 bits per heavy atom. The van der Waals surface area contributed by atoms with Crippen molar-refractivity contribution in [1.29, 1.82) is 0 Å². The molecule has 0 fully saturated rings. The van der Waals surface area contributed by atoms with Crippen molar-refractivity contribution >= 4 is 12.0 Å². The third kappa shape index (κ3) is 5.84. The van der Waals surface area contributed by atoms with Crippen LogP contribution in [0.1, 0.15) is 26.1 Å². The summed E-state index contributed by atoms with van der Waals surface area (Å²) in [5.41, 5.74) is -0.792. The maximum absolute atomic E-state index is 11.6. The zero-order valence-electron chi connectivity index (χ0n) is 11.3. The highest BCUT2D eigenvalue weighted by Gasteiger charge is 2.23. The second-order valence-corrected chi connectivity index (χ2v) is 4.92. The summed E-state index contributed by atoms with van der Waals surface area (Å²) in [4.78, 5) is 26.2.